The van der Waals surface area contributed by atoms with E-state index in [1.165, 1.54) is 23.8 Å². The third-order valence-corrected chi connectivity index (χ3v) is 6.06. The van der Waals surface area contributed by atoms with E-state index >= 15 is 0 Å². The fraction of sp³-hybridized carbons (Fsp3) is 0.412. The topological polar surface area (TPSA) is 48.5 Å². The maximum Gasteiger partial charge on any atom is 0.221 e. The molecule has 1 amide bonds. The van der Waals surface area contributed by atoms with E-state index in [1.54, 1.807) is 6.20 Å². The third-order valence-electron chi connectivity index (χ3n) is 4.35. The van der Waals surface area contributed by atoms with Gasteiger partial charge in [0, 0.05) is 39.1 Å². The first-order chi connectivity index (χ1) is 11.9. The summed E-state index contributed by atoms with van der Waals surface area (Å²) in [4.78, 5) is 20.2. The van der Waals surface area contributed by atoms with Crippen molar-refractivity contribution < 1.29 is 4.79 Å². The highest BCUT2D eigenvalue weighted by Crippen LogP contribution is 2.31. The second-order valence-corrected chi connectivity index (χ2v) is 7.88. The minimum atomic E-state index is -0.0736. The van der Waals surface area contributed by atoms with E-state index in [0.717, 1.165) is 36.3 Å². The Balaban J connectivity index is 1.60. The van der Waals surface area contributed by atoms with Gasteiger partial charge in [-0.3, -0.25) is 9.69 Å². The largest absolute Gasteiger partial charge is 0.345 e. The molecule has 1 fully saturated rings. The number of amides is 1. The molecule has 2 aromatic rings. The summed E-state index contributed by atoms with van der Waals surface area (Å²) < 4.78 is 0. The van der Waals surface area contributed by atoms with Gasteiger partial charge < -0.3 is 10.2 Å². The molecule has 1 N–H and O–H groups in total. The maximum atomic E-state index is 11.1. The van der Waals surface area contributed by atoms with Crippen LogP contribution in [0.25, 0.3) is 0 Å². The summed E-state index contributed by atoms with van der Waals surface area (Å²) >= 11 is 13.7. The molecule has 5 nitrogen and oxygen atoms in total. The van der Waals surface area contributed by atoms with Gasteiger partial charge in [-0.15, -0.1) is 0 Å². The molecule has 1 atom stereocenters. The summed E-state index contributed by atoms with van der Waals surface area (Å²) in [5, 5.41) is 5.69. The first-order valence-corrected chi connectivity index (χ1v) is 9.68. The van der Waals surface area contributed by atoms with Crippen LogP contribution in [-0.4, -0.2) is 42.0 Å². The molecule has 0 radical (unpaired) electrons. The van der Waals surface area contributed by atoms with Crippen LogP contribution < -0.4 is 10.2 Å². The van der Waals surface area contributed by atoms with Crippen molar-refractivity contribution in [2.45, 2.75) is 19.9 Å². The first-order valence-electron chi connectivity index (χ1n) is 8.11. The quantitative estimate of drug-likeness (QED) is 0.833. The van der Waals surface area contributed by atoms with E-state index < -0.39 is 0 Å². The van der Waals surface area contributed by atoms with Crippen molar-refractivity contribution in [1.29, 1.82) is 0 Å². The molecule has 1 aliphatic rings. The average molecular weight is 399 g/mol. The predicted octanol–water partition coefficient (Wildman–Crippen LogP) is 4.29. The van der Waals surface area contributed by atoms with Crippen LogP contribution in [-0.2, 0) is 4.79 Å². The second kappa shape index (κ2) is 7.91. The molecule has 0 aliphatic carbocycles. The summed E-state index contributed by atoms with van der Waals surface area (Å²) in [6.07, 6.45) is 1.71. The normalized spacial score (nSPS) is 16.7. The molecule has 1 aromatic carbocycles. The summed E-state index contributed by atoms with van der Waals surface area (Å²) in [6.45, 7) is 7.38. The van der Waals surface area contributed by atoms with Crippen LogP contribution in [0.2, 0.25) is 10.0 Å². The molecule has 1 aromatic heterocycles. The lowest BCUT2D eigenvalue weighted by Crippen LogP contribution is -2.47. The standard InChI is InChI=1S/C17H20Cl2N4OS/c1-11(13-3-4-14(18)15(19)9-13)22-5-7-23(8-6-22)17-20-10-16(25-17)21-12(2)24/h3-4,9-11H,5-8H2,1-2H3,(H,21,24). The molecule has 2 heterocycles. The molecule has 0 bridgehead atoms. The summed E-state index contributed by atoms with van der Waals surface area (Å²) in [7, 11) is 0. The van der Waals surface area contributed by atoms with Crippen molar-refractivity contribution >= 4 is 50.6 Å². The Morgan fingerprint density at radius 2 is 1.96 bits per heavy atom. The number of anilines is 2. The molecule has 3 rings (SSSR count). The van der Waals surface area contributed by atoms with Gasteiger partial charge >= 0.3 is 0 Å². The Kier molecular flexibility index (Phi) is 5.84. The van der Waals surface area contributed by atoms with Crippen molar-refractivity contribution in [3.05, 3.63) is 40.0 Å². The molecule has 8 heteroatoms. The zero-order valence-electron chi connectivity index (χ0n) is 14.1. The van der Waals surface area contributed by atoms with Gasteiger partial charge in [-0.1, -0.05) is 40.6 Å². The van der Waals surface area contributed by atoms with Crippen LogP contribution in [0.1, 0.15) is 25.5 Å². The predicted molar refractivity (Wildman–Crippen MR) is 105 cm³/mol. The number of rotatable bonds is 4. The number of aromatic nitrogens is 1. The Morgan fingerprint density at radius 1 is 1.24 bits per heavy atom. The SMILES string of the molecule is CC(=O)Nc1cnc(N2CCN(C(C)c3ccc(Cl)c(Cl)c3)CC2)s1. The summed E-state index contributed by atoms with van der Waals surface area (Å²) in [6, 6.07) is 6.11. The highest BCUT2D eigenvalue weighted by Gasteiger charge is 2.24. The van der Waals surface area contributed by atoms with Crippen molar-refractivity contribution in [2.75, 3.05) is 36.4 Å². The first kappa shape index (κ1) is 18.5. The number of nitrogens with one attached hydrogen (secondary N) is 1. The van der Waals surface area contributed by atoms with E-state index in [4.69, 9.17) is 23.2 Å². The van der Waals surface area contributed by atoms with E-state index in [2.05, 4.69) is 27.0 Å². The van der Waals surface area contributed by atoms with Gasteiger partial charge in [0.2, 0.25) is 5.91 Å². The Bertz CT molecular complexity index is 759. The second-order valence-electron chi connectivity index (χ2n) is 6.06. The molecule has 1 aliphatic heterocycles. The van der Waals surface area contributed by atoms with Crippen LogP contribution in [0.15, 0.2) is 24.4 Å². The van der Waals surface area contributed by atoms with E-state index in [9.17, 15) is 4.79 Å². The molecule has 0 spiro atoms. The highest BCUT2D eigenvalue weighted by atomic mass is 35.5. The lowest BCUT2D eigenvalue weighted by molar-refractivity contribution is -0.114. The Hall–Kier alpha value is -1.34. The van der Waals surface area contributed by atoms with Crippen LogP contribution in [0.4, 0.5) is 10.1 Å². The molecular formula is C17H20Cl2N4OS. The zero-order chi connectivity index (χ0) is 18.0. The molecule has 1 unspecified atom stereocenters. The Labute approximate surface area is 161 Å². The molecular weight excluding hydrogens is 379 g/mol. The van der Waals surface area contributed by atoms with Gasteiger partial charge in [0.15, 0.2) is 5.13 Å². The van der Waals surface area contributed by atoms with E-state index in [1.807, 2.05) is 18.2 Å². The van der Waals surface area contributed by atoms with Gasteiger partial charge in [-0.2, -0.15) is 0 Å². The van der Waals surface area contributed by atoms with Crippen LogP contribution in [0, 0.1) is 0 Å². The summed E-state index contributed by atoms with van der Waals surface area (Å²) in [5.74, 6) is -0.0736. The number of nitrogens with zero attached hydrogens (tertiary/aromatic N) is 3. The van der Waals surface area contributed by atoms with E-state index in [0.29, 0.717) is 10.0 Å². The number of carbonyl (C=O) groups is 1. The minimum absolute atomic E-state index is 0.0736. The lowest BCUT2D eigenvalue weighted by atomic mass is 10.1. The molecule has 0 saturated carbocycles. The lowest BCUT2D eigenvalue weighted by Gasteiger charge is -2.38. The van der Waals surface area contributed by atoms with E-state index in [-0.39, 0.29) is 11.9 Å². The number of carbonyl (C=O) groups excluding carboxylic acids is 1. The number of piperazine rings is 1. The molecule has 1 saturated heterocycles. The Morgan fingerprint density at radius 3 is 2.60 bits per heavy atom. The minimum Gasteiger partial charge on any atom is -0.345 e. The van der Waals surface area contributed by atoms with Gasteiger partial charge in [0.05, 0.1) is 16.2 Å². The van der Waals surface area contributed by atoms with Crippen molar-refractivity contribution in [3.63, 3.8) is 0 Å². The third kappa shape index (κ3) is 4.44. The number of benzene rings is 1. The van der Waals surface area contributed by atoms with Gasteiger partial charge in [-0.25, -0.2) is 4.98 Å². The number of hydrogen-bond acceptors (Lipinski definition) is 5. The number of halogens is 2. The number of hydrogen-bond donors (Lipinski definition) is 1. The monoisotopic (exact) mass is 398 g/mol. The highest BCUT2D eigenvalue weighted by molar-refractivity contribution is 7.19. The van der Waals surface area contributed by atoms with Crippen LogP contribution >= 0.6 is 34.5 Å². The molecule has 134 valence electrons. The van der Waals surface area contributed by atoms with Crippen LogP contribution in [0.3, 0.4) is 0 Å². The maximum absolute atomic E-state index is 11.1. The number of thiazole rings is 1. The van der Waals surface area contributed by atoms with Crippen molar-refractivity contribution in [3.8, 4) is 0 Å². The average Bonchev–Trinajstić information content (AvgIpc) is 3.04. The fourth-order valence-corrected chi connectivity index (χ4v) is 4.15. The fourth-order valence-electron chi connectivity index (χ4n) is 2.93. The van der Waals surface area contributed by atoms with Gasteiger partial charge in [-0.05, 0) is 24.6 Å². The molecule has 25 heavy (non-hydrogen) atoms. The smallest absolute Gasteiger partial charge is 0.221 e. The zero-order valence-corrected chi connectivity index (χ0v) is 16.5. The van der Waals surface area contributed by atoms with Gasteiger partial charge in [0.25, 0.3) is 0 Å². The van der Waals surface area contributed by atoms with Gasteiger partial charge in [0.1, 0.15) is 5.00 Å². The summed E-state index contributed by atoms with van der Waals surface area (Å²) in [5.41, 5.74) is 1.17. The van der Waals surface area contributed by atoms with Crippen molar-refractivity contribution in [2.24, 2.45) is 0 Å². The van der Waals surface area contributed by atoms with Crippen LogP contribution in [0.5, 0.6) is 0 Å². The van der Waals surface area contributed by atoms with Crippen molar-refractivity contribution in [1.82, 2.24) is 9.88 Å².